The highest BCUT2D eigenvalue weighted by atomic mass is 19.1. The largest absolute Gasteiger partial charge is 0.365 e. The Bertz CT molecular complexity index is 1830. The van der Waals surface area contributed by atoms with Crippen molar-refractivity contribution >= 4 is 28.2 Å². The maximum Gasteiger partial charge on any atom is 0.354 e. The first-order chi connectivity index (χ1) is 21.1. The number of benzene rings is 2. The Kier molecular flexibility index (Phi) is 7.73. The number of carbonyl (C=O) groups excluding carboxylic acids is 1. The monoisotopic (exact) mass is 594 g/mol. The number of halogens is 1. The van der Waals surface area contributed by atoms with Gasteiger partial charge in [-0.1, -0.05) is 50.8 Å². The molecule has 2 aromatic heterocycles. The second-order valence-electron chi connectivity index (χ2n) is 12.3. The van der Waals surface area contributed by atoms with Gasteiger partial charge in [-0.15, -0.1) is 0 Å². The van der Waals surface area contributed by atoms with E-state index in [0.717, 1.165) is 22.3 Å². The molecule has 9 heteroatoms. The van der Waals surface area contributed by atoms with Gasteiger partial charge in [0, 0.05) is 54.6 Å². The Labute approximate surface area is 257 Å². The molecular formula is C35H39FN6O2. The van der Waals surface area contributed by atoms with Crippen molar-refractivity contribution in [3.8, 4) is 5.69 Å². The molecule has 4 aromatic rings. The van der Waals surface area contributed by atoms with E-state index in [1.54, 1.807) is 0 Å². The maximum atomic E-state index is 15.8. The summed E-state index contributed by atoms with van der Waals surface area (Å²) in [7, 11) is 0. The third-order valence-corrected chi connectivity index (χ3v) is 9.07. The average Bonchev–Trinajstić information content (AvgIpc) is 3.01. The van der Waals surface area contributed by atoms with E-state index in [4.69, 9.17) is 0 Å². The standard InChI is InChI=1S/C35H39FN6O2/c1-7-30(43)40-18-24(6)41(19-23(40)5)34-26-15-17-39(28-13-9-12-25-11-8-10-22(4)31(25)28)20-29(26)42(35(44)38-34)33-27(36)14-16-37-32(33)21(2)3/h7-14,16,21,23-24H,1,15,17-20H2,2-6H3/t23-,24+/m1/s1. The highest BCUT2D eigenvalue weighted by Gasteiger charge is 2.36. The van der Waals surface area contributed by atoms with Gasteiger partial charge in [-0.05, 0) is 62.3 Å². The van der Waals surface area contributed by atoms with E-state index in [1.807, 2.05) is 32.6 Å². The van der Waals surface area contributed by atoms with E-state index < -0.39 is 11.5 Å². The molecule has 1 saturated heterocycles. The molecule has 2 aliphatic rings. The predicted molar refractivity (Wildman–Crippen MR) is 173 cm³/mol. The summed E-state index contributed by atoms with van der Waals surface area (Å²) in [5.41, 5.74) is 4.05. The average molecular weight is 595 g/mol. The van der Waals surface area contributed by atoms with Crippen molar-refractivity contribution in [1.82, 2.24) is 19.4 Å². The Morgan fingerprint density at radius 2 is 1.84 bits per heavy atom. The van der Waals surface area contributed by atoms with Gasteiger partial charge in [0.15, 0.2) is 5.82 Å². The van der Waals surface area contributed by atoms with Crippen LogP contribution in [0.4, 0.5) is 15.9 Å². The SMILES string of the molecule is C=CC(=O)N1C[C@H](C)N(c2nc(=O)n(-c3c(F)ccnc3C(C)C)c3c2CCN(c2cccc4cccc(C)c24)C3)C[C@H]1C. The molecule has 0 spiro atoms. The van der Waals surface area contributed by atoms with E-state index in [0.29, 0.717) is 44.1 Å². The number of aryl methyl sites for hydroxylation is 1. The highest BCUT2D eigenvalue weighted by Crippen LogP contribution is 2.37. The minimum atomic E-state index is -0.534. The third kappa shape index (κ3) is 4.94. The number of fused-ring (bicyclic) bond motifs is 2. The summed E-state index contributed by atoms with van der Waals surface area (Å²) in [6.07, 6.45) is 3.41. The molecule has 2 aliphatic heterocycles. The van der Waals surface area contributed by atoms with Crippen LogP contribution in [0, 0.1) is 12.7 Å². The van der Waals surface area contributed by atoms with Gasteiger partial charge < -0.3 is 14.7 Å². The normalized spacial score (nSPS) is 18.6. The molecule has 6 rings (SSSR count). The number of nitrogens with zero attached hydrogens (tertiary/aromatic N) is 6. The number of rotatable bonds is 5. The predicted octanol–water partition coefficient (Wildman–Crippen LogP) is 5.53. The highest BCUT2D eigenvalue weighted by molar-refractivity contribution is 5.97. The van der Waals surface area contributed by atoms with Crippen LogP contribution in [0.1, 0.15) is 56.1 Å². The zero-order chi connectivity index (χ0) is 31.3. The number of carbonyl (C=O) groups is 1. The minimum Gasteiger partial charge on any atom is -0.365 e. The molecule has 44 heavy (non-hydrogen) atoms. The summed E-state index contributed by atoms with van der Waals surface area (Å²) in [5.74, 6) is -0.0990. The quantitative estimate of drug-likeness (QED) is 0.283. The minimum absolute atomic E-state index is 0.0814. The van der Waals surface area contributed by atoms with Gasteiger partial charge in [-0.3, -0.25) is 14.3 Å². The molecule has 0 saturated carbocycles. The van der Waals surface area contributed by atoms with Gasteiger partial charge >= 0.3 is 5.69 Å². The van der Waals surface area contributed by atoms with E-state index >= 15 is 4.39 Å². The van der Waals surface area contributed by atoms with Crippen molar-refractivity contribution in [1.29, 1.82) is 0 Å². The number of pyridine rings is 1. The molecular weight excluding hydrogens is 555 g/mol. The van der Waals surface area contributed by atoms with E-state index in [1.165, 1.54) is 33.9 Å². The van der Waals surface area contributed by atoms with Crippen molar-refractivity contribution in [2.45, 2.75) is 65.6 Å². The Balaban J connectivity index is 1.54. The zero-order valence-electron chi connectivity index (χ0n) is 26.0. The van der Waals surface area contributed by atoms with Crippen LogP contribution in [-0.4, -0.2) is 57.1 Å². The Morgan fingerprint density at radius 1 is 1.09 bits per heavy atom. The topological polar surface area (TPSA) is 74.6 Å². The second kappa shape index (κ2) is 11.5. The van der Waals surface area contributed by atoms with E-state index in [9.17, 15) is 9.59 Å². The van der Waals surface area contributed by atoms with Crippen LogP contribution in [-0.2, 0) is 17.8 Å². The van der Waals surface area contributed by atoms with Gasteiger partial charge in [0.25, 0.3) is 0 Å². The van der Waals surface area contributed by atoms with Gasteiger partial charge in [0.2, 0.25) is 5.91 Å². The molecule has 0 unspecified atom stereocenters. The number of hydrogen-bond acceptors (Lipinski definition) is 6. The summed E-state index contributed by atoms with van der Waals surface area (Å²) >= 11 is 0. The molecule has 8 nitrogen and oxygen atoms in total. The lowest BCUT2D eigenvalue weighted by atomic mass is 9.98. The number of piperazine rings is 1. The first-order valence-corrected chi connectivity index (χ1v) is 15.3. The van der Waals surface area contributed by atoms with Gasteiger partial charge in [0.1, 0.15) is 11.5 Å². The van der Waals surface area contributed by atoms with Gasteiger partial charge in [0.05, 0.1) is 17.9 Å². The first-order valence-electron chi connectivity index (χ1n) is 15.3. The maximum absolute atomic E-state index is 15.8. The number of amides is 1. The molecule has 0 N–H and O–H groups in total. The van der Waals surface area contributed by atoms with Gasteiger partial charge in [-0.2, -0.15) is 4.98 Å². The second-order valence-corrected chi connectivity index (χ2v) is 12.3. The Hall–Kier alpha value is -4.53. The fourth-order valence-corrected chi connectivity index (χ4v) is 6.89. The smallest absolute Gasteiger partial charge is 0.354 e. The van der Waals surface area contributed by atoms with Crippen molar-refractivity contribution in [2.24, 2.45) is 0 Å². The lowest BCUT2D eigenvalue weighted by Crippen LogP contribution is -2.58. The van der Waals surface area contributed by atoms with Crippen molar-refractivity contribution in [3.05, 3.63) is 100 Å². The molecule has 1 amide bonds. The third-order valence-electron chi connectivity index (χ3n) is 9.07. The summed E-state index contributed by atoms with van der Waals surface area (Å²) in [6.45, 7) is 15.8. The van der Waals surface area contributed by atoms with Crippen LogP contribution >= 0.6 is 0 Å². The Morgan fingerprint density at radius 3 is 2.57 bits per heavy atom. The van der Waals surface area contributed by atoms with Crippen LogP contribution in [0.25, 0.3) is 16.5 Å². The molecule has 1 fully saturated rings. The number of anilines is 2. The molecule has 228 valence electrons. The zero-order valence-corrected chi connectivity index (χ0v) is 26.0. The van der Waals surface area contributed by atoms with Crippen LogP contribution in [0.15, 0.2) is 66.1 Å². The summed E-state index contributed by atoms with van der Waals surface area (Å²) in [5, 5.41) is 2.32. The molecule has 2 atom stereocenters. The van der Waals surface area contributed by atoms with Gasteiger partial charge in [-0.25, -0.2) is 9.18 Å². The first kappa shape index (κ1) is 29.5. The molecule has 0 aliphatic carbocycles. The fraction of sp³-hybridized carbons (Fsp3) is 0.371. The molecule has 0 radical (unpaired) electrons. The summed E-state index contributed by atoms with van der Waals surface area (Å²) in [4.78, 5) is 42.1. The fourth-order valence-electron chi connectivity index (χ4n) is 6.89. The van der Waals surface area contributed by atoms with Crippen LogP contribution in [0.5, 0.6) is 0 Å². The lowest BCUT2D eigenvalue weighted by molar-refractivity contribution is -0.128. The number of hydrogen-bond donors (Lipinski definition) is 0. The van der Waals surface area contributed by atoms with E-state index in [-0.39, 0.29) is 29.6 Å². The summed E-state index contributed by atoms with van der Waals surface area (Å²) < 4.78 is 17.2. The van der Waals surface area contributed by atoms with Crippen molar-refractivity contribution in [2.75, 3.05) is 29.4 Å². The van der Waals surface area contributed by atoms with Crippen LogP contribution in [0.3, 0.4) is 0 Å². The molecule has 2 aromatic carbocycles. The lowest BCUT2D eigenvalue weighted by Gasteiger charge is -2.45. The van der Waals surface area contributed by atoms with Crippen molar-refractivity contribution < 1.29 is 9.18 Å². The van der Waals surface area contributed by atoms with E-state index in [2.05, 4.69) is 69.7 Å². The van der Waals surface area contributed by atoms with Crippen molar-refractivity contribution in [3.63, 3.8) is 0 Å². The number of aromatic nitrogens is 3. The van der Waals surface area contributed by atoms with Crippen LogP contribution < -0.4 is 15.5 Å². The molecule has 4 heterocycles. The molecule has 0 bridgehead atoms. The summed E-state index contributed by atoms with van der Waals surface area (Å²) in [6, 6.07) is 13.7. The van der Waals surface area contributed by atoms with Crippen LogP contribution in [0.2, 0.25) is 0 Å².